The monoisotopic (exact) mass is 335 g/mol. The maximum Gasteiger partial charge on any atom is 0.161 e. The van der Waals surface area contributed by atoms with Crippen LogP contribution < -0.4 is 15.2 Å². The number of hydrogen-bond donors (Lipinski definition) is 2. The summed E-state index contributed by atoms with van der Waals surface area (Å²) in [4.78, 5) is 4.23. The highest BCUT2D eigenvalue weighted by atomic mass is 79.9. The van der Waals surface area contributed by atoms with Gasteiger partial charge in [0.05, 0.1) is 12.8 Å². The van der Waals surface area contributed by atoms with Crippen LogP contribution in [0.1, 0.15) is 11.3 Å². The van der Waals surface area contributed by atoms with Gasteiger partial charge in [-0.05, 0) is 46.3 Å². The summed E-state index contributed by atoms with van der Waals surface area (Å²) in [5.74, 6) is 1.11. The molecule has 0 aliphatic rings. The van der Waals surface area contributed by atoms with E-state index in [1.165, 1.54) is 0 Å². The summed E-state index contributed by atoms with van der Waals surface area (Å²) in [5, 5.41) is 7.40. The predicted octanol–water partition coefficient (Wildman–Crippen LogP) is 2.72. The highest BCUT2D eigenvalue weighted by Gasteiger charge is 2.08. The second-order valence-corrected chi connectivity index (χ2v) is 4.95. The molecule has 0 fully saturated rings. The minimum Gasteiger partial charge on any atom is -0.493 e. The Balaban J connectivity index is 2.12. The van der Waals surface area contributed by atoms with Crippen molar-refractivity contribution < 1.29 is 9.47 Å². The number of nitrogens with zero attached hydrogens (tertiary/aromatic N) is 1. The smallest absolute Gasteiger partial charge is 0.161 e. The molecule has 2 rings (SSSR count). The summed E-state index contributed by atoms with van der Waals surface area (Å²) in [6, 6.07) is 8.90. The first-order chi connectivity index (χ1) is 9.60. The topological polar surface area (TPSA) is 81.2 Å². The first-order valence-corrected chi connectivity index (χ1v) is 6.65. The second kappa shape index (κ2) is 6.38. The maximum atomic E-state index is 7.40. The Morgan fingerprint density at radius 2 is 2.10 bits per heavy atom. The molecule has 1 heterocycles. The van der Waals surface area contributed by atoms with Crippen molar-refractivity contribution in [2.45, 2.75) is 6.61 Å². The standard InChI is InChI=1S/C14H14BrN3O2/c1-19-13-6-9(14(16)17)2-5-12(13)20-8-11-4-3-10(15)7-18-11/h2-7H,8H2,1H3,(H3,16,17). The van der Waals surface area contributed by atoms with Crippen LogP contribution in [0.15, 0.2) is 41.0 Å². The van der Waals surface area contributed by atoms with Gasteiger partial charge in [0.1, 0.15) is 12.4 Å². The highest BCUT2D eigenvalue weighted by Crippen LogP contribution is 2.28. The van der Waals surface area contributed by atoms with Crippen LogP contribution in [0.25, 0.3) is 0 Å². The number of aromatic nitrogens is 1. The number of hydrogen-bond acceptors (Lipinski definition) is 4. The van der Waals surface area contributed by atoms with Crippen molar-refractivity contribution >= 4 is 21.8 Å². The van der Waals surface area contributed by atoms with Crippen LogP contribution in [0, 0.1) is 5.41 Å². The maximum absolute atomic E-state index is 7.40. The van der Waals surface area contributed by atoms with E-state index in [0.717, 1.165) is 10.2 Å². The van der Waals surface area contributed by atoms with E-state index >= 15 is 0 Å². The number of rotatable bonds is 5. The predicted molar refractivity (Wildman–Crippen MR) is 80.3 cm³/mol. The SMILES string of the molecule is COc1cc(C(=N)N)ccc1OCc1ccc(Br)cn1. The van der Waals surface area contributed by atoms with E-state index < -0.39 is 0 Å². The number of nitrogens with one attached hydrogen (secondary N) is 1. The Bertz CT molecular complexity index is 614. The third-order valence-corrected chi connectivity index (χ3v) is 3.11. The zero-order valence-electron chi connectivity index (χ0n) is 10.9. The number of nitrogen functional groups attached to an aromatic ring is 1. The fourth-order valence-corrected chi connectivity index (χ4v) is 1.83. The fourth-order valence-electron chi connectivity index (χ4n) is 1.60. The number of nitrogens with two attached hydrogens (primary N) is 1. The second-order valence-electron chi connectivity index (χ2n) is 4.04. The molecule has 0 saturated heterocycles. The number of pyridine rings is 1. The minimum atomic E-state index is -0.00979. The lowest BCUT2D eigenvalue weighted by Gasteiger charge is -2.11. The van der Waals surface area contributed by atoms with E-state index in [1.54, 1.807) is 31.5 Å². The van der Waals surface area contributed by atoms with Gasteiger partial charge in [0.25, 0.3) is 0 Å². The third-order valence-electron chi connectivity index (χ3n) is 2.64. The molecule has 0 aliphatic carbocycles. The zero-order valence-corrected chi connectivity index (χ0v) is 12.5. The van der Waals surface area contributed by atoms with Gasteiger partial charge >= 0.3 is 0 Å². The number of methoxy groups -OCH3 is 1. The Kier molecular flexibility index (Phi) is 4.57. The lowest BCUT2D eigenvalue weighted by atomic mass is 10.2. The Morgan fingerprint density at radius 3 is 2.70 bits per heavy atom. The van der Waals surface area contributed by atoms with Crippen molar-refractivity contribution in [1.82, 2.24) is 4.98 Å². The first kappa shape index (κ1) is 14.3. The summed E-state index contributed by atoms with van der Waals surface area (Å²) in [6.07, 6.45) is 1.72. The van der Waals surface area contributed by atoms with E-state index in [1.807, 2.05) is 12.1 Å². The van der Waals surface area contributed by atoms with Gasteiger partial charge in [-0.3, -0.25) is 10.4 Å². The quantitative estimate of drug-likeness (QED) is 0.650. The van der Waals surface area contributed by atoms with Gasteiger partial charge in [-0.2, -0.15) is 0 Å². The van der Waals surface area contributed by atoms with Crippen LogP contribution in [0.2, 0.25) is 0 Å². The molecule has 0 saturated carbocycles. The van der Waals surface area contributed by atoms with Crippen molar-refractivity contribution in [2.24, 2.45) is 5.73 Å². The number of halogens is 1. The lowest BCUT2D eigenvalue weighted by Crippen LogP contribution is -2.11. The molecule has 2 aromatic rings. The molecule has 20 heavy (non-hydrogen) atoms. The molecule has 0 radical (unpaired) electrons. The van der Waals surface area contributed by atoms with Crippen molar-refractivity contribution in [1.29, 1.82) is 5.41 Å². The molecule has 0 spiro atoms. The van der Waals surface area contributed by atoms with Crippen LogP contribution in [0.3, 0.4) is 0 Å². The van der Waals surface area contributed by atoms with Crippen LogP contribution in [0.4, 0.5) is 0 Å². The van der Waals surface area contributed by atoms with Crippen molar-refractivity contribution in [2.75, 3.05) is 7.11 Å². The van der Waals surface area contributed by atoms with Crippen molar-refractivity contribution in [3.63, 3.8) is 0 Å². The fraction of sp³-hybridized carbons (Fsp3) is 0.143. The molecule has 0 aliphatic heterocycles. The minimum absolute atomic E-state index is 0.00979. The van der Waals surface area contributed by atoms with Gasteiger partial charge in [0.15, 0.2) is 11.5 Å². The van der Waals surface area contributed by atoms with E-state index in [0.29, 0.717) is 23.7 Å². The Labute approximate surface area is 125 Å². The molecule has 0 unspecified atom stereocenters. The first-order valence-electron chi connectivity index (χ1n) is 5.86. The van der Waals surface area contributed by atoms with Crippen LogP contribution >= 0.6 is 15.9 Å². The molecule has 1 aromatic carbocycles. The van der Waals surface area contributed by atoms with Crippen LogP contribution in [0.5, 0.6) is 11.5 Å². The number of ether oxygens (including phenoxy) is 2. The van der Waals surface area contributed by atoms with Gasteiger partial charge in [0.2, 0.25) is 0 Å². The van der Waals surface area contributed by atoms with Gasteiger partial charge in [-0.1, -0.05) is 0 Å². The van der Waals surface area contributed by atoms with Crippen molar-refractivity contribution in [3.05, 3.63) is 52.3 Å². The molecule has 104 valence electrons. The number of amidine groups is 1. The third kappa shape index (κ3) is 3.48. The summed E-state index contributed by atoms with van der Waals surface area (Å²) in [6.45, 7) is 0.336. The largest absolute Gasteiger partial charge is 0.493 e. The van der Waals surface area contributed by atoms with E-state index in [-0.39, 0.29) is 5.84 Å². The van der Waals surface area contributed by atoms with Crippen LogP contribution in [-0.4, -0.2) is 17.9 Å². The average molecular weight is 336 g/mol. The molecular formula is C14H14BrN3O2. The molecule has 1 aromatic heterocycles. The van der Waals surface area contributed by atoms with Gasteiger partial charge in [-0.25, -0.2) is 0 Å². The van der Waals surface area contributed by atoms with Crippen molar-refractivity contribution in [3.8, 4) is 11.5 Å². The summed E-state index contributed by atoms with van der Waals surface area (Å²) >= 11 is 3.33. The number of benzene rings is 1. The molecule has 6 heteroatoms. The van der Waals surface area contributed by atoms with Gasteiger partial charge in [0, 0.05) is 16.2 Å². The summed E-state index contributed by atoms with van der Waals surface area (Å²) < 4.78 is 11.8. The summed E-state index contributed by atoms with van der Waals surface area (Å²) in [5.41, 5.74) is 6.84. The van der Waals surface area contributed by atoms with Gasteiger partial charge < -0.3 is 15.2 Å². The van der Waals surface area contributed by atoms with E-state index in [2.05, 4.69) is 20.9 Å². The summed E-state index contributed by atoms with van der Waals surface area (Å²) in [7, 11) is 1.55. The molecule has 0 amide bonds. The lowest BCUT2D eigenvalue weighted by molar-refractivity contribution is 0.280. The van der Waals surface area contributed by atoms with Gasteiger partial charge in [-0.15, -0.1) is 0 Å². The molecule has 0 atom stereocenters. The average Bonchev–Trinajstić information content (AvgIpc) is 2.46. The molecular weight excluding hydrogens is 322 g/mol. The normalized spacial score (nSPS) is 10.1. The molecule has 5 nitrogen and oxygen atoms in total. The Morgan fingerprint density at radius 1 is 1.30 bits per heavy atom. The van der Waals surface area contributed by atoms with E-state index in [4.69, 9.17) is 20.6 Å². The Hall–Kier alpha value is -2.08. The van der Waals surface area contributed by atoms with Crippen LogP contribution in [-0.2, 0) is 6.61 Å². The molecule has 3 N–H and O–H groups in total. The highest BCUT2D eigenvalue weighted by molar-refractivity contribution is 9.10. The zero-order chi connectivity index (χ0) is 14.5. The van der Waals surface area contributed by atoms with E-state index in [9.17, 15) is 0 Å². The molecule has 0 bridgehead atoms.